The van der Waals surface area contributed by atoms with Gasteiger partial charge in [0.25, 0.3) is 0 Å². The minimum Gasteiger partial charge on any atom is -0.440 e. The second-order valence-corrected chi connectivity index (χ2v) is 7.42. The summed E-state index contributed by atoms with van der Waals surface area (Å²) in [5, 5.41) is 7.01. The van der Waals surface area contributed by atoms with Gasteiger partial charge >= 0.3 is 0 Å². The predicted molar refractivity (Wildman–Crippen MR) is 126 cm³/mol. The van der Waals surface area contributed by atoms with Gasteiger partial charge in [-0.05, 0) is 18.2 Å². The van der Waals surface area contributed by atoms with Gasteiger partial charge in [0, 0.05) is 36.4 Å². The molecule has 7 nitrogen and oxygen atoms in total. The van der Waals surface area contributed by atoms with Gasteiger partial charge < -0.3 is 9.73 Å². The van der Waals surface area contributed by atoms with Crippen molar-refractivity contribution < 1.29 is 9.21 Å². The molecule has 1 N–H and O–H groups in total. The average Bonchev–Trinajstić information content (AvgIpc) is 3.55. The fraction of sp³-hybridized carbons (Fsp3) is 0.0769. The van der Waals surface area contributed by atoms with E-state index in [-0.39, 0.29) is 12.3 Å². The molecule has 0 saturated carbocycles. The number of benzene rings is 2. The number of carbonyl (C=O) groups excluding carboxylic acids is 1. The van der Waals surface area contributed by atoms with Crippen molar-refractivity contribution >= 4 is 11.6 Å². The molecule has 0 radical (unpaired) electrons. The third kappa shape index (κ3) is 4.72. The SMILES string of the molecule is O=C(CCc1nc(-c2ccccc2)c(-c2ccccc2)o1)Nc1ccc(-n2cccn2)nc1. The summed E-state index contributed by atoms with van der Waals surface area (Å²) in [6, 6.07) is 25.2. The topological polar surface area (TPSA) is 85.8 Å². The minimum atomic E-state index is -0.135. The molecule has 162 valence electrons. The summed E-state index contributed by atoms with van der Waals surface area (Å²) < 4.78 is 7.76. The number of pyridine rings is 1. The molecule has 0 aliphatic rings. The summed E-state index contributed by atoms with van der Waals surface area (Å²) in [6.45, 7) is 0. The number of aromatic nitrogens is 4. The first kappa shape index (κ1) is 20.4. The Kier molecular flexibility index (Phi) is 5.75. The maximum absolute atomic E-state index is 12.5. The number of nitrogens with one attached hydrogen (secondary N) is 1. The predicted octanol–water partition coefficient (Wildman–Crippen LogP) is 5.16. The Hall–Kier alpha value is -4.52. The fourth-order valence-electron chi connectivity index (χ4n) is 3.49. The number of nitrogens with zero attached hydrogens (tertiary/aromatic N) is 4. The van der Waals surface area contributed by atoms with Gasteiger partial charge in [-0.1, -0.05) is 60.7 Å². The number of carbonyl (C=O) groups is 1. The highest BCUT2D eigenvalue weighted by Crippen LogP contribution is 2.32. The molecular formula is C26H21N5O2. The third-order valence-electron chi connectivity index (χ3n) is 5.09. The molecule has 0 unspecified atom stereocenters. The second-order valence-electron chi connectivity index (χ2n) is 7.42. The Morgan fingerprint density at radius 1 is 0.909 bits per heavy atom. The first-order valence-electron chi connectivity index (χ1n) is 10.6. The zero-order valence-corrected chi connectivity index (χ0v) is 17.8. The van der Waals surface area contributed by atoms with Crippen LogP contribution in [-0.4, -0.2) is 25.7 Å². The van der Waals surface area contributed by atoms with Crippen LogP contribution in [0.5, 0.6) is 0 Å². The van der Waals surface area contributed by atoms with Crippen LogP contribution in [0.3, 0.4) is 0 Å². The normalized spacial score (nSPS) is 10.8. The summed E-state index contributed by atoms with van der Waals surface area (Å²) in [5.41, 5.74) is 3.32. The van der Waals surface area contributed by atoms with Crippen LogP contribution >= 0.6 is 0 Å². The van der Waals surface area contributed by atoms with E-state index in [1.54, 1.807) is 29.2 Å². The van der Waals surface area contributed by atoms with E-state index in [4.69, 9.17) is 9.40 Å². The van der Waals surface area contributed by atoms with Crippen LogP contribution in [0.25, 0.3) is 28.4 Å². The Labute approximate surface area is 190 Å². The van der Waals surface area contributed by atoms with Crippen molar-refractivity contribution in [1.82, 2.24) is 19.7 Å². The number of amides is 1. The molecule has 0 aliphatic carbocycles. The number of oxazole rings is 1. The quantitative estimate of drug-likeness (QED) is 0.382. The lowest BCUT2D eigenvalue weighted by molar-refractivity contribution is -0.116. The standard InChI is InChI=1S/C26H21N5O2/c32-23(29-21-12-13-22(27-18-21)31-17-7-16-28-31)14-15-24-30-25(19-8-3-1-4-9-19)26(33-24)20-10-5-2-6-11-20/h1-13,16-18H,14-15H2,(H,29,32). The smallest absolute Gasteiger partial charge is 0.224 e. The molecule has 33 heavy (non-hydrogen) atoms. The van der Waals surface area contributed by atoms with E-state index in [0.717, 1.165) is 16.8 Å². The summed E-state index contributed by atoms with van der Waals surface area (Å²) in [5.74, 6) is 1.77. The summed E-state index contributed by atoms with van der Waals surface area (Å²) >= 11 is 0. The molecule has 0 saturated heterocycles. The van der Waals surface area contributed by atoms with Crippen molar-refractivity contribution in [2.45, 2.75) is 12.8 Å². The van der Waals surface area contributed by atoms with Gasteiger partial charge in [-0.15, -0.1) is 0 Å². The van der Waals surface area contributed by atoms with Crippen molar-refractivity contribution in [2.75, 3.05) is 5.32 Å². The molecule has 0 fully saturated rings. The monoisotopic (exact) mass is 435 g/mol. The van der Waals surface area contributed by atoms with Crippen LogP contribution in [0.15, 0.2) is 102 Å². The largest absolute Gasteiger partial charge is 0.440 e. The molecule has 0 bridgehead atoms. The van der Waals surface area contributed by atoms with E-state index in [9.17, 15) is 4.79 Å². The first-order chi connectivity index (χ1) is 16.3. The molecule has 5 aromatic rings. The average molecular weight is 435 g/mol. The van der Waals surface area contributed by atoms with Crippen molar-refractivity contribution in [3.63, 3.8) is 0 Å². The first-order valence-corrected chi connectivity index (χ1v) is 10.6. The van der Waals surface area contributed by atoms with E-state index < -0.39 is 0 Å². The molecule has 3 heterocycles. The number of aryl methyl sites for hydroxylation is 1. The van der Waals surface area contributed by atoms with Crippen LogP contribution < -0.4 is 5.32 Å². The lowest BCUT2D eigenvalue weighted by Crippen LogP contribution is -2.12. The van der Waals surface area contributed by atoms with Crippen LogP contribution in [-0.2, 0) is 11.2 Å². The van der Waals surface area contributed by atoms with E-state index in [1.807, 2.05) is 72.9 Å². The van der Waals surface area contributed by atoms with Gasteiger partial charge in [0.1, 0.15) is 5.69 Å². The molecule has 1 amide bonds. The molecule has 7 heteroatoms. The maximum atomic E-state index is 12.5. The van der Waals surface area contributed by atoms with Crippen LogP contribution in [0.1, 0.15) is 12.3 Å². The van der Waals surface area contributed by atoms with E-state index >= 15 is 0 Å². The highest BCUT2D eigenvalue weighted by atomic mass is 16.4. The van der Waals surface area contributed by atoms with Gasteiger partial charge in [0.05, 0.1) is 11.9 Å². The Bertz CT molecular complexity index is 1270. The highest BCUT2D eigenvalue weighted by Gasteiger charge is 2.17. The molecular weight excluding hydrogens is 414 g/mol. The van der Waals surface area contributed by atoms with Crippen LogP contribution in [0.4, 0.5) is 5.69 Å². The van der Waals surface area contributed by atoms with Gasteiger partial charge in [-0.2, -0.15) is 5.10 Å². The van der Waals surface area contributed by atoms with Gasteiger partial charge in [0.2, 0.25) is 5.91 Å². The molecule has 2 aromatic carbocycles. The lowest BCUT2D eigenvalue weighted by Gasteiger charge is -2.05. The van der Waals surface area contributed by atoms with Gasteiger partial charge in [0.15, 0.2) is 17.5 Å². The summed E-state index contributed by atoms with van der Waals surface area (Å²) in [6.07, 6.45) is 5.74. The maximum Gasteiger partial charge on any atom is 0.224 e. The third-order valence-corrected chi connectivity index (χ3v) is 5.09. The molecule has 0 aliphatic heterocycles. The zero-order valence-electron chi connectivity index (χ0n) is 17.8. The van der Waals surface area contributed by atoms with Gasteiger partial charge in [-0.25, -0.2) is 14.6 Å². The molecule has 5 rings (SSSR count). The molecule has 0 spiro atoms. The summed E-state index contributed by atoms with van der Waals surface area (Å²) in [4.78, 5) is 21.5. The second kappa shape index (κ2) is 9.32. The minimum absolute atomic E-state index is 0.135. The number of rotatable bonds is 7. The number of anilines is 1. The van der Waals surface area contributed by atoms with E-state index in [2.05, 4.69) is 15.4 Å². The number of hydrogen-bond acceptors (Lipinski definition) is 5. The zero-order chi connectivity index (χ0) is 22.5. The Morgan fingerprint density at radius 3 is 2.33 bits per heavy atom. The molecule has 3 aromatic heterocycles. The van der Waals surface area contributed by atoms with Crippen molar-refractivity contribution in [1.29, 1.82) is 0 Å². The fourth-order valence-corrected chi connectivity index (χ4v) is 3.49. The highest BCUT2D eigenvalue weighted by molar-refractivity contribution is 5.90. The summed E-state index contributed by atoms with van der Waals surface area (Å²) in [7, 11) is 0. The van der Waals surface area contributed by atoms with Crippen molar-refractivity contribution in [3.05, 3.63) is 103 Å². The Balaban J connectivity index is 1.28. The van der Waals surface area contributed by atoms with Crippen LogP contribution in [0, 0.1) is 0 Å². The van der Waals surface area contributed by atoms with Crippen molar-refractivity contribution in [3.8, 4) is 28.4 Å². The lowest BCUT2D eigenvalue weighted by atomic mass is 10.1. The Morgan fingerprint density at radius 2 is 1.67 bits per heavy atom. The molecule has 0 atom stereocenters. The number of hydrogen-bond donors (Lipinski definition) is 1. The van der Waals surface area contributed by atoms with Crippen molar-refractivity contribution in [2.24, 2.45) is 0 Å². The van der Waals surface area contributed by atoms with E-state index in [0.29, 0.717) is 29.6 Å². The van der Waals surface area contributed by atoms with Gasteiger partial charge in [-0.3, -0.25) is 4.79 Å². The van der Waals surface area contributed by atoms with Crippen LogP contribution in [0.2, 0.25) is 0 Å². The van der Waals surface area contributed by atoms with E-state index in [1.165, 1.54) is 0 Å².